The fourth-order valence-corrected chi connectivity index (χ4v) is 3.83. The lowest BCUT2D eigenvalue weighted by Crippen LogP contribution is -2.28. The Labute approximate surface area is 137 Å². The molecule has 1 heteroatoms. The zero-order valence-electron chi connectivity index (χ0n) is 13.5. The van der Waals surface area contributed by atoms with Crippen LogP contribution in [0.3, 0.4) is 0 Å². The number of hydrogen-bond donors (Lipinski definition) is 1. The lowest BCUT2D eigenvalue weighted by Gasteiger charge is -2.30. The molecule has 4 rings (SSSR count). The minimum Gasteiger partial charge on any atom is -0.376 e. The Morgan fingerprint density at radius 2 is 1.09 bits per heavy atom. The van der Waals surface area contributed by atoms with Crippen molar-refractivity contribution in [2.24, 2.45) is 0 Å². The van der Waals surface area contributed by atoms with Crippen LogP contribution in [0.1, 0.15) is 42.0 Å². The normalized spacial score (nSPS) is 14.6. The van der Waals surface area contributed by atoms with E-state index >= 15 is 0 Å². The highest BCUT2D eigenvalue weighted by Gasteiger charge is 2.43. The molecule has 1 aliphatic carbocycles. The van der Waals surface area contributed by atoms with Gasteiger partial charge in [-0.2, -0.15) is 0 Å². The third-order valence-corrected chi connectivity index (χ3v) is 4.90. The van der Waals surface area contributed by atoms with Crippen LogP contribution in [0.4, 0.5) is 0 Å². The van der Waals surface area contributed by atoms with E-state index in [1.54, 1.807) is 0 Å². The molecule has 0 fully saturated rings. The highest BCUT2D eigenvalue weighted by Crippen LogP contribution is 2.51. The fourth-order valence-electron chi connectivity index (χ4n) is 3.83. The van der Waals surface area contributed by atoms with E-state index in [4.69, 9.17) is 0 Å². The highest BCUT2D eigenvalue weighted by atomic mass is 16.3. The maximum atomic E-state index is 11.9. The van der Waals surface area contributed by atoms with Crippen molar-refractivity contribution in [3.05, 3.63) is 95.1 Å². The van der Waals surface area contributed by atoms with E-state index in [1.165, 1.54) is 5.56 Å². The van der Waals surface area contributed by atoms with E-state index in [0.29, 0.717) is 5.92 Å². The van der Waals surface area contributed by atoms with Crippen LogP contribution in [-0.2, 0) is 5.60 Å². The molecule has 0 atom stereocenters. The summed E-state index contributed by atoms with van der Waals surface area (Å²) >= 11 is 0. The Kier molecular flexibility index (Phi) is 3.14. The summed E-state index contributed by atoms with van der Waals surface area (Å²) in [6.07, 6.45) is 0. The van der Waals surface area contributed by atoms with Gasteiger partial charge in [-0.05, 0) is 28.2 Å². The van der Waals surface area contributed by atoms with E-state index in [-0.39, 0.29) is 0 Å². The molecule has 1 N–H and O–H groups in total. The van der Waals surface area contributed by atoms with Gasteiger partial charge >= 0.3 is 0 Å². The van der Waals surface area contributed by atoms with Crippen molar-refractivity contribution in [1.29, 1.82) is 0 Å². The van der Waals surface area contributed by atoms with Gasteiger partial charge in [-0.25, -0.2) is 0 Å². The Morgan fingerprint density at radius 1 is 0.652 bits per heavy atom. The molecule has 0 unspecified atom stereocenters. The number of fused-ring (bicyclic) bond motifs is 3. The van der Waals surface area contributed by atoms with Crippen LogP contribution in [-0.4, -0.2) is 5.11 Å². The molecular weight excluding hydrogens is 280 g/mol. The molecule has 1 nitrogen and oxygen atoms in total. The van der Waals surface area contributed by atoms with Crippen molar-refractivity contribution in [2.75, 3.05) is 0 Å². The van der Waals surface area contributed by atoms with Crippen molar-refractivity contribution in [1.82, 2.24) is 0 Å². The summed E-state index contributed by atoms with van der Waals surface area (Å²) in [6, 6.07) is 24.6. The predicted molar refractivity (Wildman–Crippen MR) is 94.5 cm³/mol. The smallest absolute Gasteiger partial charge is 0.142 e. The van der Waals surface area contributed by atoms with E-state index in [1.807, 2.05) is 42.5 Å². The molecule has 0 saturated carbocycles. The van der Waals surface area contributed by atoms with E-state index in [2.05, 4.69) is 44.2 Å². The quantitative estimate of drug-likeness (QED) is 0.700. The molecule has 0 aromatic heterocycles. The van der Waals surface area contributed by atoms with Gasteiger partial charge in [0.05, 0.1) is 0 Å². The van der Waals surface area contributed by atoms with E-state index in [9.17, 15) is 5.11 Å². The Hall–Kier alpha value is -2.38. The number of aliphatic hydroxyl groups is 1. The van der Waals surface area contributed by atoms with Crippen LogP contribution in [0.15, 0.2) is 72.8 Å². The molecule has 23 heavy (non-hydrogen) atoms. The third kappa shape index (κ3) is 1.90. The molecule has 0 amide bonds. The van der Waals surface area contributed by atoms with Crippen molar-refractivity contribution >= 4 is 0 Å². The Bertz CT molecular complexity index is 831. The van der Waals surface area contributed by atoms with Crippen LogP contribution in [0.2, 0.25) is 0 Å². The standard InChI is InChI=1S/C22H20O/c1-15(2)16-9-3-6-12-19(16)22(23)20-13-7-4-10-17(20)18-11-5-8-14-21(18)22/h3-15,23H,1-2H3. The van der Waals surface area contributed by atoms with Gasteiger partial charge in [-0.15, -0.1) is 0 Å². The molecule has 1 aliphatic rings. The monoisotopic (exact) mass is 300 g/mol. The first-order chi connectivity index (χ1) is 11.1. The summed E-state index contributed by atoms with van der Waals surface area (Å²) in [5.74, 6) is 0.357. The third-order valence-electron chi connectivity index (χ3n) is 4.90. The topological polar surface area (TPSA) is 20.2 Å². The molecule has 0 aliphatic heterocycles. The first kappa shape index (κ1) is 14.2. The molecule has 0 saturated heterocycles. The van der Waals surface area contributed by atoms with Crippen LogP contribution >= 0.6 is 0 Å². The van der Waals surface area contributed by atoms with Gasteiger partial charge in [0.25, 0.3) is 0 Å². The van der Waals surface area contributed by atoms with Gasteiger partial charge in [-0.3, -0.25) is 0 Å². The molecule has 0 heterocycles. The molecule has 0 radical (unpaired) electrons. The van der Waals surface area contributed by atoms with Crippen molar-refractivity contribution < 1.29 is 5.11 Å². The second-order valence-corrected chi connectivity index (χ2v) is 6.54. The molecule has 0 spiro atoms. The molecule has 0 bridgehead atoms. The number of hydrogen-bond acceptors (Lipinski definition) is 1. The lowest BCUT2D eigenvalue weighted by atomic mass is 9.79. The number of rotatable bonds is 2. The SMILES string of the molecule is CC(C)c1ccccc1C1(O)c2ccccc2-c2ccccc21. The maximum absolute atomic E-state index is 11.9. The predicted octanol–water partition coefficient (Wildman–Crippen LogP) is 5.07. The second kappa shape index (κ2) is 5.07. The van der Waals surface area contributed by atoms with Crippen molar-refractivity contribution in [3.63, 3.8) is 0 Å². The van der Waals surface area contributed by atoms with Gasteiger partial charge in [0, 0.05) is 11.1 Å². The molecule has 3 aromatic carbocycles. The zero-order valence-corrected chi connectivity index (χ0v) is 13.5. The van der Waals surface area contributed by atoms with Gasteiger partial charge in [0.1, 0.15) is 5.60 Å². The highest BCUT2D eigenvalue weighted by molar-refractivity contribution is 5.82. The van der Waals surface area contributed by atoms with Gasteiger partial charge < -0.3 is 5.11 Å². The van der Waals surface area contributed by atoms with Crippen molar-refractivity contribution in [2.45, 2.75) is 25.4 Å². The summed E-state index contributed by atoms with van der Waals surface area (Å²) in [6.45, 7) is 4.35. The van der Waals surface area contributed by atoms with Crippen LogP contribution < -0.4 is 0 Å². The summed E-state index contributed by atoms with van der Waals surface area (Å²) in [5.41, 5.74) is 5.33. The zero-order chi connectivity index (χ0) is 16.0. The van der Waals surface area contributed by atoms with E-state index < -0.39 is 5.60 Å². The summed E-state index contributed by atoms with van der Waals surface area (Å²) in [7, 11) is 0. The molecule has 3 aromatic rings. The maximum Gasteiger partial charge on any atom is 0.142 e. The van der Waals surface area contributed by atoms with Crippen LogP contribution in [0.25, 0.3) is 11.1 Å². The van der Waals surface area contributed by atoms with Crippen molar-refractivity contribution in [3.8, 4) is 11.1 Å². The van der Waals surface area contributed by atoms with Gasteiger partial charge in [-0.1, -0.05) is 86.6 Å². The first-order valence-corrected chi connectivity index (χ1v) is 8.15. The summed E-state index contributed by atoms with van der Waals surface area (Å²) < 4.78 is 0. The average Bonchev–Trinajstić information content (AvgIpc) is 2.86. The first-order valence-electron chi connectivity index (χ1n) is 8.15. The average molecular weight is 300 g/mol. The minimum absolute atomic E-state index is 0.357. The van der Waals surface area contributed by atoms with Crippen LogP contribution in [0.5, 0.6) is 0 Å². The number of benzene rings is 3. The summed E-state index contributed by atoms with van der Waals surface area (Å²) in [4.78, 5) is 0. The second-order valence-electron chi connectivity index (χ2n) is 6.54. The van der Waals surface area contributed by atoms with E-state index in [0.717, 1.165) is 27.8 Å². The van der Waals surface area contributed by atoms with Gasteiger partial charge in [0.15, 0.2) is 0 Å². The lowest BCUT2D eigenvalue weighted by molar-refractivity contribution is 0.129. The van der Waals surface area contributed by atoms with Gasteiger partial charge in [0.2, 0.25) is 0 Å². The summed E-state index contributed by atoms with van der Waals surface area (Å²) in [5, 5.41) is 11.9. The fraction of sp³-hybridized carbons (Fsp3) is 0.182. The minimum atomic E-state index is -1.08. The Balaban J connectivity index is 2.09. The largest absolute Gasteiger partial charge is 0.376 e. The Morgan fingerprint density at radius 3 is 1.61 bits per heavy atom. The molecular formula is C22H20O. The molecule has 114 valence electrons. The van der Waals surface area contributed by atoms with Crippen LogP contribution in [0, 0.1) is 0 Å².